The number of anilines is 3. The van der Waals surface area contributed by atoms with E-state index in [0.29, 0.717) is 10.7 Å². The molecule has 0 amide bonds. The van der Waals surface area contributed by atoms with Crippen LogP contribution in [0.15, 0.2) is 60.7 Å². The molecule has 0 bridgehead atoms. The van der Waals surface area contributed by atoms with Crippen LogP contribution in [0.2, 0.25) is 5.02 Å². The van der Waals surface area contributed by atoms with Crippen LogP contribution in [-0.4, -0.2) is 0 Å². The predicted octanol–water partition coefficient (Wildman–Crippen LogP) is 4.82. The highest BCUT2D eigenvalue weighted by Crippen LogP contribution is 2.30. The fourth-order valence-electron chi connectivity index (χ4n) is 2.13. The Balaban J connectivity index is 2.06. The Morgan fingerprint density at radius 1 is 0.842 bits per heavy atom. The fraction of sp³-hybridized carbons (Fsp3) is 0. The summed E-state index contributed by atoms with van der Waals surface area (Å²) in [6.45, 7) is 0. The zero-order valence-electron chi connectivity index (χ0n) is 10.2. The highest BCUT2D eigenvalue weighted by Gasteiger charge is 2.03. The van der Waals surface area contributed by atoms with E-state index in [9.17, 15) is 0 Å². The van der Waals surface area contributed by atoms with Gasteiger partial charge in [0.2, 0.25) is 0 Å². The van der Waals surface area contributed by atoms with E-state index in [2.05, 4.69) is 23.5 Å². The van der Waals surface area contributed by atoms with Crippen molar-refractivity contribution < 1.29 is 0 Å². The highest BCUT2D eigenvalue weighted by atomic mass is 35.5. The van der Waals surface area contributed by atoms with Crippen molar-refractivity contribution in [3.05, 3.63) is 65.7 Å². The van der Waals surface area contributed by atoms with Crippen LogP contribution < -0.4 is 11.1 Å². The molecule has 94 valence electrons. The molecule has 3 aromatic rings. The number of fused-ring (bicyclic) bond motifs is 1. The van der Waals surface area contributed by atoms with Crippen molar-refractivity contribution in [3.8, 4) is 0 Å². The first-order chi connectivity index (χ1) is 9.24. The third kappa shape index (κ3) is 2.35. The van der Waals surface area contributed by atoms with Crippen molar-refractivity contribution in [3.63, 3.8) is 0 Å². The lowest BCUT2D eigenvalue weighted by molar-refractivity contribution is 1.57. The van der Waals surface area contributed by atoms with Crippen molar-refractivity contribution in [2.45, 2.75) is 0 Å². The van der Waals surface area contributed by atoms with Gasteiger partial charge in [0.25, 0.3) is 0 Å². The second-order valence-corrected chi connectivity index (χ2v) is 4.82. The third-order valence-corrected chi connectivity index (χ3v) is 3.31. The fourth-order valence-corrected chi connectivity index (χ4v) is 2.31. The van der Waals surface area contributed by atoms with Crippen LogP contribution in [-0.2, 0) is 0 Å². The van der Waals surface area contributed by atoms with Crippen LogP contribution in [0.1, 0.15) is 0 Å². The second kappa shape index (κ2) is 4.82. The summed E-state index contributed by atoms with van der Waals surface area (Å²) in [6.07, 6.45) is 0. The molecule has 0 aliphatic carbocycles. The molecule has 0 aromatic heterocycles. The molecule has 0 saturated carbocycles. The Kier molecular flexibility index (Phi) is 3.02. The molecule has 19 heavy (non-hydrogen) atoms. The predicted molar refractivity (Wildman–Crippen MR) is 83.1 cm³/mol. The lowest BCUT2D eigenvalue weighted by Gasteiger charge is -2.12. The summed E-state index contributed by atoms with van der Waals surface area (Å²) in [5.41, 5.74) is 8.50. The second-order valence-electron chi connectivity index (χ2n) is 4.38. The number of hydrogen-bond donors (Lipinski definition) is 2. The quantitative estimate of drug-likeness (QED) is 0.654. The number of rotatable bonds is 2. The molecule has 0 unspecified atom stereocenters. The molecule has 0 radical (unpaired) electrons. The smallest absolute Gasteiger partial charge is 0.0619 e. The lowest BCUT2D eigenvalue weighted by Crippen LogP contribution is -1.96. The molecule has 3 heteroatoms. The summed E-state index contributed by atoms with van der Waals surface area (Å²) in [5, 5.41) is 6.36. The van der Waals surface area contributed by atoms with Crippen molar-refractivity contribution in [2.75, 3.05) is 11.1 Å². The SMILES string of the molecule is Nc1cc(Cl)ccc1Nc1cccc2ccccc12. The maximum absolute atomic E-state index is 5.97. The Morgan fingerprint density at radius 3 is 2.47 bits per heavy atom. The van der Waals surface area contributed by atoms with Gasteiger partial charge >= 0.3 is 0 Å². The van der Waals surface area contributed by atoms with Gasteiger partial charge in [-0.25, -0.2) is 0 Å². The maximum Gasteiger partial charge on any atom is 0.0619 e. The average molecular weight is 269 g/mol. The average Bonchev–Trinajstić information content (AvgIpc) is 2.42. The van der Waals surface area contributed by atoms with Crippen LogP contribution in [0, 0.1) is 0 Å². The Bertz CT molecular complexity index is 732. The van der Waals surface area contributed by atoms with Crippen molar-refractivity contribution in [2.24, 2.45) is 0 Å². The Morgan fingerprint density at radius 2 is 1.63 bits per heavy atom. The van der Waals surface area contributed by atoms with Gasteiger partial charge in [-0.15, -0.1) is 0 Å². The van der Waals surface area contributed by atoms with E-state index in [0.717, 1.165) is 11.4 Å². The minimum absolute atomic E-state index is 0.639. The van der Waals surface area contributed by atoms with E-state index in [1.54, 1.807) is 6.07 Å². The summed E-state index contributed by atoms with van der Waals surface area (Å²) < 4.78 is 0. The standard InChI is InChI=1S/C16H13ClN2/c17-12-8-9-16(14(18)10-12)19-15-7-3-5-11-4-1-2-6-13(11)15/h1-10,19H,18H2. The van der Waals surface area contributed by atoms with Gasteiger partial charge in [-0.05, 0) is 29.7 Å². The van der Waals surface area contributed by atoms with Gasteiger partial charge in [0, 0.05) is 16.1 Å². The molecule has 0 saturated heterocycles. The van der Waals surface area contributed by atoms with Crippen molar-refractivity contribution >= 4 is 39.4 Å². The van der Waals surface area contributed by atoms with Gasteiger partial charge in [-0.1, -0.05) is 48.0 Å². The molecule has 2 nitrogen and oxygen atoms in total. The summed E-state index contributed by atoms with van der Waals surface area (Å²) in [4.78, 5) is 0. The third-order valence-electron chi connectivity index (χ3n) is 3.07. The van der Waals surface area contributed by atoms with Crippen LogP contribution in [0.25, 0.3) is 10.8 Å². The molecule has 0 heterocycles. The number of nitrogens with two attached hydrogens (primary N) is 1. The van der Waals surface area contributed by atoms with Gasteiger partial charge in [0.05, 0.1) is 11.4 Å². The molecule has 0 spiro atoms. The van der Waals surface area contributed by atoms with Crippen LogP contribution >= 0.6 is 11.6 Å². The normalized spacial score (nSPS) is 10.6. The zero-order valence-corrected chi connectivity index (χ0v) is 11.0. The largest absolute Gasteiger partial charge is 0.397 e. The Labute approximate surface area is 116 Å². The van der Waals surface area contributed by atoms with E-state index < -0.39 is 0 Å². The van der Waals surface area contributed by atoms with Gasteiger partial charge in [0.1, 0.15) is 0 Å². The minimum atomic E-state index is 0.639. The van der Waals surface area contributed by atoms with Crippen LogP contribution in [0.3, 0.4) is 0 Å². The molecule has 3 N–H and O–H groups in total. The molecule has 0 aliphatic rings. The van der Waals surface area contributed by atoms with E-state index in [-0.39, 0.29) is 0 Å². The van der Waals surface area contributed by atoms with Gasteiger partial charge < -0.3 is 11.1 Å². The van der Waals surface area contributed by atoms with Gasteiger partial charge in [-0.2, -0.15) is 0 Å². The zero-order chi connectivity index (χ0) is 13.2. The molecule has 3 rings (SSSR count). The minimum Gasteiger partial charge on any atom is -0.397 e. The first-order valence-corrected chi connectivity index (χ1v) is 6.42. The molecular formula is C16H13ClN2. The van der Waals surface area contributed by atoms with Gasteiger partial charge in [-0.3, -0.25) is 0 Å². The molecule has 0 aliphatic heterocycles. The van der Waals surface area contributed by atoms with Crippen LogP contribution in [0.4, 0.5) is 17.1 Å². The lowest BCUT2D eigenvalue weighted by atomic mass is 10.1. The van der Waals surface area contributed by atoms with Gasteiger partial charge in [0.15, 0.2) is 0 Å². The first kappa shape index (κ1) is 11.9. The number of benzene rings is 3. The van der Waals surface area contributed by atoms with E-state index >= 15 is 0 Å². The molecule has 0 fully saturated rings. The Hall–Kier alpha value is -2.19. The monoisotopic (exact) mass is 268 g/mol. The summed E-state index contributed by atoms with van der Waals surface area (Å²) in [6, 6.07) is 19.8. The summed E-state index contributed by atoms with van der Waals surface area (Å²) >= 11 is 5.91. The number of nitrogen functional groups attached to an aromatic ring is 1. The van der Waals surface area contributed by atoms with E-state index in [1.807, 2.05) is 36.4 Å². The van der Waals surface area contributed by atoms with E-state index in [4.69, 9.17) is 17.3 Å². The maximum atomic E-state index is 5.97. The summed E-state index contributed by atoms with van der Waals surface area (Å²) in [5.74, 6) is 0. The van der Waals surface area contributed by atoms with Crippen molar-refractivity contribution in [1.29, 1.82) is 0 Å². The molecule has 3 aromatic carbocycles. The van der Waals surface area contributed by atoms with Crippen molar-refractivity contribution in [1.82, 2.24) is 0 Å². The highest BCUT2D eigenvalue weighted by molar-refractivity contribution is 6.31. The summed E-state index contributed by atoms with van der Waals surface area (Å²) in [7, 11) is 0. The number of nitrogens with one attached hydrogen (secondary N) is 1. The molecule has 0 atom stereocenters. The number of halogens is 1. The first-order valence-electron chi connectivity index (χ1n) is 6.04. The van der Waals surface area contributed by atoms with Crippen LogP contribution in [0.5, 0.6) is 0 Å². The van der Waals surface area contributed by atoms with E-state index in [1.165, 1.54) is 10.8 Å². The topological polar surface area (TPSA) is 38.0 Å². The number of hydrogen-bond acceptors (Lipinski definition) is 2. The molecular weight excluding hydrogens is 256 g/mol.